The van der Waals surface area contributed by atoms with Gasteiger partial charge in [0.15, 0.2) is 5.69 Å². The predicted molar refractivity (Wildman–Crippen MR) is 82.5 cm³/mol. The van der Waals surface area contributed by atoms with Gasteiger partial charge in [-0.25, -0.2) is 0 Å². The number of piperidine rings is 1. The molecule has 22 heavy (non-hydrogen) atoms. The fourth-order valence-corrected chi connectivity index (χ4v) is 3.05. The van der Waals surface area contributed by atoms with Crippen molar-refractivity contribution in [2.45, 2.75) is 33.1 Å². The Labute approximate surface area is 130 Å². The van der Waals surface area contributed by atoms with E-state index in [1.807, 2.05) is 24.0 Å². The molecule has 1 amide bonds. The van der Waals surface area contributed by atoms with E-state index in [0.29, 0.717) is 17.4 Å². The van der Waals surface area contributed by atoms with Crippen molar-refractivity contribution in [3.8, 4) is 0 Å². The molecule has 1 aliphatic heterocycles. The number of nitrogens with zero attached hydrogens (tertiary/aromatic N) is 3. The van der Waals surface area contributed by atoms with Gasteiger partial charge in [-0.1, -0.05) is 11.2 Å². The average Bonchev–Trinajstić information content (AvgIpc) is 2.93. The lowest BCUT2D eigenvalue weighted by atomic mass is 9.93. The van der Waals surface area contributed by atoms with E-state index in [4.69, 9.17) is 4.52 Å². The Kier molecular flexibility index (Phi) is 4.22. The molecule has 116 valence electrons. The number of amides is 1. The summed E-state index contributed by atoms with van der Waals surface area (Å²) in [4.78, 5) is 18.9. The van der Waals surface area contributed by atoms with Crippen LogP contribution in [-0.4, -0.2) is 34.0 Å². The molecule has 0 spiro atoms. The van der Waals surface area contributed by atoms with Gasteiger partial charge in [-0.2, -0.15) is 0 Å². The van der Waals surface area contributed by atoms with E-state index in [1.54, 1.807) is 13.0 Å². The summed E-state index contributed by atoms with van der Waals surface area (Å²) in [6.07, 6.45) is 3.08. The van der Waals surface area contributed by atoms with Gasteiger partial charge >= 0.3 is 0 Å². The van der Waals surface area contributed by atoms with Gasteiger partial charge in [-0.3, -0.25) is 9.78 Å². The first-order valence-corrected chi connectivity index (χ1v) is 7.77. The first kappa shape index (κ1) is 14.8. The molecule has 2 aromatic heterocycles. The zero-order valence-corrected chi connectivity index (χ0v) is 13.1. The molecule has 1 unspecified atom stereocenters. The Morgan fingerprint density at radius 3 is 3.00 bits per heavy atom. The van der Waals surface area contributed by atoms with Crippen LogP contribution < -0.4 is 0 Å². The molecule has 5 nitrogen and oxygen atoms in total. The number of aromatic nitrogens is 2. The van der Waals surface area contributed by atoms with Gasteiger partial charge in [0.2, 0.25) is 0 Å². The van der Waals surface area contributed by atoms with Crippen molar-refractivity contribution in [1.29, 1.82) is 0 Å². The van der Waals surface area contributed by atoms with E-state index < -0.39 is 0 Å². The highest BCUT2D eigenvalue weighted by Crippen LogP contribution is 2.21. The highest BCUT2D eigenvalue weighted by Gasteiger charge is 2.26. The minimum Gasteiger partial charge on any atom is -0.361 e. The van der Waals surface area contributed by atoms with Gasteiger partial charge in [0.25, 0.3) is 5.91 Å². The van der Waals surface area contributed by atoms with Crippen LogP contribution in [0.1, 0.15) is 40.5 Å². The van der Waals surface area contributed by atoms with Crippen molar-refractivity contribution >= 4 is 5.91 Å². The van der Waals surface area contributed by atoms with Gasteiger partial charge in [-0.15, -0.1) is 0 Å². The molecule has 1 saturated heterocycles. The van der Waals surface area contributed by atoms with E-state index in [-0.39, 0.29) is 5.91 Å². The van der Waals surface area contributed by atoms with E-state index in [2.05, 4.69) is 16.2 Å². The maximum Gasteiger partial charge on any atom is 0.276 e. The van der Waals surface area contributed by atoms with E-state index in [0.717, 1.165) is 43.7 Å². The topological polar surface area (TPSA) is 59.2 Å². The third-order valence-corrected chi connectivity index (χ3v) is 4.10. The van der Waals surface area contributed by atoms with Crippen LogP contribution in [0.5, 0.6) is 0 Å². The van der Waals surface area contributed by atoms with E-state index in [1.165, 1.54) is 0 Å². The summed E-state index contributed by atoms with van der Waals surface area (Å²) in [5.41, 5.74) is 2.56. The van der Waals surface area contributed by atoms with Gasteiger partial charge < -0.3 is 9.42 Å². The lowest BCUT2D eigenvalue weighted by Gasteiger charge is -2.32. The Balaban J connectivity index is 1.65. The second kappa shape index (κ2) is 6.30. The standard InChI is InChI=1S/C17H21N3O2/c1-12-5-3-7-15(18-12)10-14-6-4-8-20(11-14)17(21)16-9-13(2)22-19-16/h3,5,7,9,14H,4,6,8,10-11H2,1-2H3. The SMILES string of the molecule is Cc1cccc(CC2CCCN(C(=O)c3cc(C)on3)C2)n1. The zero-order valence-electron chi connectivity index (χ0n) is 13.1. The van der Waals surface area contributed by atoms with Crippen molar-refractivity contribution in [3.63, 3.8) is 0 Å². The normalized spacial score (nSPS) is 18.5. The average molecular weight is 299 g/mol. The number of pyridine rings is 1. The quantitative estimate of drug-likeness (QED) is 0.874. The summed E-state index contributed by atoms with van der Waals surface area (Å²) in [5.74, 6) is 1.10. The largest absolute Gasteiger partial charge is 0.361 e. The molecule has 0 aromatic carbocycles. The molecule has 1 fully saturated rings. The Hall–Kier alpha value is -2.17. The third kappa shape index (κ3) is 3.35. The predicted octanol–water partition coefficient (Wildman–Crippen LogP) is 2.78. The smallest absolute Gasteiger partial charge is 0.276 e. The van der Waals surface area contributed by atoms with Gasteiger partial charge in [-0.05, 0) is 51.2 Å². The maximum atomic E-state index is 12.5. The van der Waals surface area contributed by atoms with Crippen molar-refractivity contribution in [2.75, 3.05) is 13.1 Å². The highest BCUT2D eigenvalue weighted by molar-refractivity contribution is 5.92. The highest BCUT2D eigenvalue weighted by atomic mass is 16.5. The summed E-state index contributed by atoms with van der Waals surface area (Å²) >= 11 is 0. The molecule has 3 rings (SSSR count). The molecule has 0 bridgehead atoms. The van der Waals surface area contributed by atoms with Gasteiger partial charge in [0.05, 0.1) is 0 Å². The number of carbonyl (C=O) groups is 1. The molecular formula is C17H21N3O2. The maximum absolute atomic E-state index is 12.5. The zero-order chi connectivity index (χ0) is 15.5. The van der Waals surface area contributed by atoms with Crippen LogP contribution in [0.25, 0.3) is 0 Å². The summed E-state index contributed by atoms with van der Waals surface area (Å²) in [6, 6.07) is 7.82. The second-order valence-corrected chi connectivity index (χ2v) is 6.06. The Morgan fingerprint density at radius 1 is 1.41 bits per heavy atom. The monoisotopic (exact) mass is 299 g/mol. The van der Waals surface area contributed by atoms with Crippen molar-refractivity contribution in [3.05, 3.63) is 47.1 Å². The first-order chi connectivity index (χ1) is 10.6. The minimum absolute atomic E-state index is 0.0289. The molecule has 1 atom stereocenters. The van der Waals surface area contributed by atoms with Crippen LogP contribution in [0, 0.1) is 19.8 Å². The fourth-order valence-electron chi connectivity index (χ4n) is 3.05. The van der Waals surface area contributed by atoms with Crippen LogP contribution in [0.4, 0.5) is 0 Å². The van der Waals surface area contributed by atoms with E-state index in [9.17, 15) is 4.79 Å². The van der Waals surface area contributed by atoms with Crippen LogP contribution >= 0.6 is 0 Å². The first-order valence-electron chi connectivity index (χ1n) is 7.77. The third-order valence-electron chi connectivity index (χ3n) is 4.10. The molecular weight excluding hydrogens is 278 g/mol. The summed E-state index contributed by atoms with van der Waals surface area (Å²) in [5, 5.41) is 3.83. The number of hydrogen-bond acceptors (Lipinski definition) is 4. The number of rotatable bonds is 3. The van der Waals surface area contributed by atoms with Crippen molar-refractivity contribution in [1.82, 2.24) is 15.0 Å². The van der Waals surface area contributed by atoms with Crippen LogP contribution in [-0.2, 0) is 6.42 Å². The number of hydrogen-bond donors (Lipinski definition) is 0. The van der Waals surface area contributed by atoms with E-state index >= 15 is 0 Å². The molecule has 5 heteroatoms. The molecule has 0 N–H and O–H groups in total. The number of carbonyl (C=O) groups excluding carboxylic acids is 1. The van der Waals surface area contributed by atoms with Crippen LogP contribution in [0.15, 0.2) is 28.8 Å². The summed E-state index contributed by atoms with van der Waals surface area (Å²) in [7, 11) is 0. The molecule has 1 aliphatic rings. The van der Waals surface area contributed by atoms with Crippen molar-refractivity contribution in [2.24, 2.45) is 5.92 Å². The molecule has 2 aromatic rings. The Bertz CT molecular complexity index is 665. The molecule has 0 aliphatic carbocycles. The van der Waals surface area contributed by atoms with Crippen molar-refractivity contribution < 1.29 is 9.32 Å². The van der Waals surface area contributed by atoms with Gasteiger partial charge in [0.1, 0.15) is 5.76 Å². The van der Waals surface area contributed by atoms with Crippen LogP contribution in [0.3, 0.4) is 0 Å². The number of aryl methyl sites for hydroxylation is 2. The fraction of sp³-hybridized carbons (Fsp3) is 0.471. The lowest BCUT2D eigenvalue weighted by molar-refractivity contribution is 0.0662. The molecule has 0 saturated carbocycles. The molecule has 3 heterocycles. The van der Waals surface area contributed by atoms with Gasteiger partial charge in [0, 0.05) is 30.5 Å². The second-order valence-electron chi connectivity index (χ2n) is 6.06. The molecule has 0 radical (unpaired) electrons. The summed E-state index contributed by atoms with van der Waals surface area (Å²) in [6.45, 7) is 5.36. The summed E-state index contributed by atoms with van der Waals surface area (Å²) < 4.78 is 5.00. The lowest BCUT2D eigenvalue weighted by Crippen LogP contribution is -2.40. The van der Waals surface area contributed by atoms with Crippen LogP contribution in [0.2, 0.25) is 0 Å². The minimum atomic E-state index is -0.0289. The number of likely N-dealkylation sites (tertiary alicyclic amines) is 1. The Morgan fingerprint density at radius 2 is 2.27 bits per heavy atom.